The molecule has 1 atom stereocenters. The van der Waals surface area contributed by atoms with Crippen LogP contribution in [0, 0.1) is 6.92 Å². The lowest BCUT2D eigenvalue weighted by Gasteiger charge is -1.93. The van der Waals surface area contributed by atoms with Crippen LogP contribution in [0.2, 0.25) is 0 Å². The van der Waals surface area contributed by atoms with Crippen LogP contribution in [0.3, 0.4) is 0 Å². The highest BCUT2D eigenvalue weighted by Crippen LogP contribution is 2.10. The molecule has 0 aliphatic heterocycles. The van der Waals surface area contributed by atoms with Crippen LogP contribution < -0.4 is 0 Å². The van der Waals surface area contributed by atoms with Gasteiger partial charge < -0.3 is 0 Å². The summed E-state index contributed by atoms with van der Waals surface area (Å²) in [6.07, 6.45) is 0. The predicted molar refractivity (Wildman–Crippen MR) is 43.4 cm³/mol. The summed E-state index contributed by atoms with van der Waals surface area (Å²) in [5, 5.41) is 0. The van der Waals surface area contributed by atoms with Gasteiger partial charge in [0.1, 0.15) is 10.0 Å². The lowest BCUT2D eigenvalue weighted by Crippen LogP contribution is -1.80. The summed E-state index contributed by atoms with van der Waals surface area (Å²) >= 11 is 0. The second-order valence-electron chi connectivity index (χ2n) is 2.04. The van der Waals surface area contributed by atoms with Gasteiger partial charge in [0.25, 0.3) is 0 Å². The van der Waals surface area contributed by atoms with Crippen LogP contribution in [0.1, 0.15) is 5.56 Å². The van der Waals surface area contributed by atoms with Gasteiger partial charge in [-0.2, -0.15) is 0 Å². The minimum absolute atomic E-state index is 0.660. The topological polar surface area (TPSA) is 17.1 Å². The van der Waals surface area contributed by atoms with Gasteiger partial charge in [-0.15, -0.1) is 0 Å². The highest BCUT2D eigenvalue weighted by molar-refractivity contribution is 8.08. The first-order valence-electron chi connectivity index (χ1n) is 2.85. The summed E-state index contributed by atoms with van der Waals surface area (Å²) in [6, 6.07) is 7.29. The van der Waals surface area contributed by atoms with Gasteiger partial charge >= 0.3 is 0 Å². The Morgan fingerprint density at radius 2 is 1.80 bits per heavy atom. The monoisotopic (exact) mass is 174 g/mol. The van der Waals surface area contributed by atoms with E-state index in [0.717, 1.165) is 5.56 Å². The van der Waals surface area contributed by atoms with E-state index < -0.39 is 10.0 Å². The second-order valence-corrected chi connectivity index (χ2v) is 3.80. The van der Waals surface area contributed by atoms with Crippen LogP contribution >= 0.6 is 10.7 Å². The lowest BCUT2D eigenvalue weighted by molar-refractivity contribution is 0.691. The molecule has 0 saturated heterocycles. The lowest BCUT2D eigenvalue weighted by atomic mass is 10.2. The Kier molecular flexibility index (Phi) is 2.46. The van der Waals surface area contributed by atoms with Gasteiger partial charge in [-0.1, -0.05) is 17.7 Å². The van der Waals surface area contributed by atoms with Crippen molar-refractivity contribution in [3.8, 4) is 0 Å². The molecule has 54 valence electrons. The van der Waals surface area contributed by atoms with Crippen molar-refractivity contribution in [2.24, 2.45) is 0 Å². The van der Waals surface area contributed by atoms with E-state index in [1.165, 1.54) is 0 Å². The average Bonchev–Trinajstić information content (AvgIpc) is 1.88. The van der Waals surface area contributed by atoms with Crippen molar-refractivity contribution in [2.75, 3.05) is 0 Å². The van der Waals surface area contributed by atoms with E-state index in [1.807, 2.05) is 19.1 Å². The molecule has 0 unspecified atom stereocenters. The maximum absolute atomic E-state index is 10.6. The van der Waals surface area contributed by atoms with Crippen molar-refractivity contribution in [3.05, 3.63) is 29.8 Å². The molecule has 0 fully saturated rings. The molecule has 0 amide bonds. The minimum atomic E-state index is -1.36. The van der Waals surface area contributed by atoms with Crippen molar-refractivity contribution in [3.63, 3.8) is 0 Å². The van der Waals surface area contributed by atoms with E-state index in [4.69, 9.17) is 10.7 Å². The van der Waals surface area contributed by atoms with Gasteiger partial charge in [0.05, 0.1) is 4.90 Å². The summed E-state index contributed by atoms with van der Waals surface area (Å²) in [5.41, 5.74) is 1.14. The van der Waals surface area contributed by atoms with Crippen molar-refractivity contribution in [1.82, 2.24) is 0 Å². The molecule has 0 aliphatic rings. The molecule has 0 radical (unpaired) electrons. The zero-order valence-electron chi connectivity index (χ0n) is 5.50. The van der Waals surface area contributed by atoms with Crippen molar-refractivity contribution in [2.45, 2.75) is 11.8 Å². The fourth-order valence-corrected chi connectivity index (χ4v) is 1.30. The summed E-state index contributed by atoms with van der Waals surface area (Å²) < 4.78 is 10.6. The minimum Gasteiger partial charge on any atom is -0.237 e. The van der Waals surface area contributed by atoms with E-state index in [2.05, 4.69) is 0 Å². The van der Waals surface area contributed by atoms with Crippen LogP contribution in [0.25, 0.3) is 0 Å². The zero-order chi connectivity index (χ0) is 7.56. The van der Waals surface area contributed by atoms with E-state index in [0.29, 0.717) is 4.90 Å². The Hall–Kier alpha value is -0.340. The van der Waals surface area contributed by atoms with Crippen molar-refractivity contribution >= 4 is 20.7 Å². The smallest absolute Gasteiger partial charge is 0.147 e. The largest absolute Gasteiger partial charge is 0.237 e. The highest BCUT2D eigenvalue weighted by atomic mass is 35.7. The Labute approximate surface area is 67.0 Å². The Bertz CT molecular complexity index is 242. The molecule has 1 aromatic carbocycles. The number of hydrogen-bond donors (Lipinski definition) is 0. The first-order valence-corrected chi connectivity index (χ1v) is 4.82. The van der Waals surface area contributed by atoms with Crippen molar-refractivity contribution < 1.29 is 4.21 Å². The molecule has 0 heterocycles. The number of rotatable bonds is 1. The molecule has 0 spiro atoms. The van der Waals surface area contributed by atoms with Gasteiger partial charge in [-0.3, -0.25) is 0 Å². The zero-order valence-corrected chi connectivity index (χ0v) is 7.08. The standard InChI is InChI=1S/C7H7ClOS/c1-6-2-4-7(5-3-6)10(8)9/h2-5H,1H3/t10-/m1/s1. The highest BCUT2D eigenvalue weighted by Gasteiger charge is 1.95. The number of halogens is 1. The SMILES string of the molecule is Cc1ccc([S@@](=O)Cl)cc1. The van der Waals surface area contributed by atoms with Crippen LogP contribution in [0.4, 0.5) is 0 Å². The molecule has 0 N–H and O–H groups in total. The van der Waals surface area contributed by atoms with Gasteiger partial charge in [0, 0.05) is 0 Å². The number of benzene rings is 1. The molecule has 0 aromatic heterocycles. The van der Waals surface area contributed by atoms with E-state index in [1.54, 1.807) is 12.1 Å². The van der Waals surface area contributed by atoms with Crippen LogP contribution in [0.5, 0.6) is 0 Å². The Morgan fingerprint density at radius 1 is 1.30 bits per heavy atom. The summed E-state index contributed by atoms with van der Waals surface area (Å²) in [6.45, 7) is 1.97. The molecule has 1 rings (SSSR count). The molecule has 3 heteroatoms. The van der Waals surface area contributed by atoms with Gasteiger partial charge in [0.2, 0.25) is 0 Å². The quantitative estimate of drug-likeness (QED) is 0.597. The Morgan fingerprint density at radius 3 is 2.20 bits per heavy atom. The maximum Gasteiger partial charge on any atom is 0.147 e. The van der Waals surface area contributed by atoms with Crippen molar-refractivity contribution in [1.29, 1.82) is 0 Å². The normalized spacial score (nSPS) is 13.0. The summed E-state index contributed by atoms with van der Waals surface area (Å²) in [7, 11) is 3.96. The molecule has 1 nitrogen and oxygen atoms in total. The van der Waals surface area contributed by atoms with Crippen LogP contribution in [-0.4, -0.2) is 4.21 Å². The molecule has 0 bridgehead atoms. The molecule has 10 heavy (non-hydrogen) atoms. The summed E-state index contributed by atoms with van der Waals surface area (Å²) in [4.78, 5) is 0.660. The molecule has 0 saturated carbocycles. The first kappa shape index (κ1) is 7.76. The third kappa shape index (κ3) is 1.82. The maximum atomic E-state index is 10.6. The fraction of sp³-hybridized carbons (Fsp3) is 0.143. The average molecular weight is 175 g/mol. The fourth-order valence-electron chi connectivity index (χ4n) is 0.645. The Balaban J connectivity index is 3.00. The van der Waals surface area contributed by atoms with E-state index in [-0.39, 0.29) is 0 Å². The van der Waals surface area contributed by atoms with Gasteiger partial charge in [-0.25, -0.2) is 4.21 Å². The second kappa shape index (κ2) is 3.17. The van der Waals surface area contributed by atoms with E-state index >= 15 is 0 Å². The summed E-state index contributed by atoms with van der Waals surface area (Å²) in [5.74, 6) is 0. The van der Waals surface area contributed by atoms with Crippen LogP contribution in [0.15, 0.2) is 29.2 Å². The number of hydrogen-bond acceptors (Lipinski definition) is 1. The molecule has 1 aromatic rings. The van der Waals surface area contributed by atoms with Gasteiger partial charge in [-0.05, 0) is 29.7 Å². The molecular formula is C7H7ClOS. The predicted octanol–water partition coefficient (Wildman–Crippen LogP) is 2.26. The molecule has 0 aliphatic carbocycles. The van der Waals surface area contributed by atoms with Crippen LogP contribution in [-0.2, 0) is 10.0 Å². The first-order chi connectivity index (χ1) is 4.70. The third-order valence-electron chi connectivity index (χ3n) is 1.21. The molecular weight excluding hydrogens is 168 g/mol. The van der Waals surface area contributed by atoms with Gasteiger partial charge in [0.15, 0.2) is 0 Å². The number of aryl methyl sites for hydroxylation is 1. The third-order valence-corrected chi connectivity index (χ3v) is 2.38. The van der Waals surface area contributed by atoms with E-state index in [9.17, 15) is 4.21 Å².